The molecule has 1 aromatic carbocycles. The normalized spacial score (nSPS) is 10.7. The highest BCUT2D eigenvalue weighted by Crippen LogP contribution is 2.25. The van der Waals surface area contributed by atoms with Gasteiger partial charge >= 0.3 is 0 Å². The van der Waals surface area contributed by atoms with E-state index in [2.05, 4.69) is 15.3 Å². The van der Waals surface area contributed by atoms with E-state index >= 15 is 0 Å². The fraction of sp³-hybridized carbons (Fsp3) is 0.133. The van der Waals surface area contributed by atoms with Crippen LogP contribution in [0.1, 0.15) is 11.3 Å². The first-order valence-corrected chi connectivity index (χ1v) is 6.33. The number of benzene rings is 1. The van der Waals surface area contributed by atoms with Crippen molar-refractivity contribution in [3.05, 3.63) is 60.0 Å². The maximum atomic E-state index is 9.48. The second-order valence-electron chi connectivity index (χ2n) is 4.48. The van der Waals surface area contributed by atoms with Gasteiger partial charge in [-0.25, -0.2) is 4.68 Å². The highest BCUT2D eigenvalue weighted by atomic mass is 16.3. The monoisotopic (exact) mass is 266 g/mol. The van der Waals surface area contributed by atoms with E-state index in [0.29, 0.717) is 5.69 Å². The minimum Gasteiger partial charge on any atom is -0.390 e. The van der Waals surface area contributed by atoms with Gasteiger partial charge in [-0.3, -0.25) is 4.98 Å². The Hall–Kier alpha value is -2.53. The van der Waals surface area contributed by atoms with Gasteiger partial charge in [0.15, 0.2) is 0 Å². The number of aliphatic hydroxyl groups is 1. The predicted molar refractivity (Wildman–Crippen MR) is 75.2 cm³/mol. The van der Waals surface area contributed by atoms with Crippen molar-refractivity contribution in [2.75, 3.05) is 0 Å². The van der Waals surface area contributed by atoms with Crippen molar-refractivity contribution in [3.8, 4) is 16.9 Å². The van der Waals surface area contributed by atoms with Gasteiger partial charge < -0.3 is 5.11 Å². The highest BCUT2D eigenvalue weighted by molar-refractivity contribution is 5.64. The lowest BCUT2D eigenvalue weighted by atomic mass is 10.1. The lowest BCUT2D eigenvalue weighted by Crippen LogP contribution is -2.02. The van der Waals surface area contributed by atoms with Gasteiger partial charge in [0.25, 0.3) is 0 Å². The van der Waals surface area contributed by atoms with Crippen LogP contribution in [0.3, 0.4) is 0 Å². The molecule has 5 nitrogen and oxygen atoms in total. The largest absolute Gasteiger partial charge is 0.390 e. The summed E-state index contributed by atoms with van der Waals surface area (Å²) in [6.45, 7) is 1.87. The van der Waals surface area contributed by atoms with E-state index in [4.69, 9.17) is 0 Å². The highest BCUT2D eigenvalue weighted by Gasteiger charge is 2.16. The van der Waals surface area contributed by atoms with Gasteiger partial charge in [-0.05, 0) is 30.7 Å². The lowest BCUT2D eigenvalue weighted by Gasteiger charge is -2.09. The van der Waals surface area contributed by atoms with Crippen LogP contribution in [0.2, 0.25) is 0 Å². The minimum atomic E-state index is -0.149. The summed E-state index contributed by atoms with van der Waals surface area (Å²) < 4.78 is 1.76. The summed E-state index contributed by atoms with van der Waals surface area (Å²) in [7, 11) is 0. The van der Waals surface area contributed by atoms with Crippen molar-refractivity contribution in [1.29, 1.82) is 0 Å². The number of aromatic nitrogens is 4. The van der Waals surface area contributed by atoms with Crippen molar-refractivity contribution in [3.63, 3.8) is 0 Å². The molecule has 20 heavy (non-hydrogen) atoms. The van der Waals surface area contributed by atoms with E-state index < -0.39 is 0 Å². The van der Waals surface area contributed by atoms with Gasteiger partial charge in [0.2, 0.25) is 0 Å². The zero-order valence-corrected chi connectivity index (χ0v) is 11.1. The molecular weight excluding hydrogens is 252 g/mol. The van der Waals surface area contributed by atoms with Crippen molar-refractivity contribution in [1.82, 2.24) is 20.0 Å². The number of para-hydroxylation sites is 1. The van der Waals surface area contributed by atoms with Crippen LogP contribution in [0.25, 0.3) is 16.9 Å². The summed E-state index contributed by atoms with van der Waals surface area (Å²) in [4.78, 5) is 4.02. The van der Waals surface area contributed by atoms with E-state index in [-0.39, 0.29) is 6.61 Å². The molecule has 3 aromatic rings. The third-order valence-corrected chi connectivity index (χ3v) is 3.19. The van der Waals surface area contributed by atoms with Gasteiger partial charge in [-0.2, -0.15) is 0 Å². The lowest BCUT2D eigenvalue weighted by molar-refractivity contribution is 0.277. The number of hydrogen-bond donors (Lipinski definition) is 1. The number of aliphatic hydroxyl groups excluding tert-OH is 1. The zero-order chi connectivity index (χ0) is 13.9. The molecule has 1 N–H and O–H groups in total. The molecule has 0 saturated carbocycles. The third kappa shape index (κ3) is 2.08. The number of nitrogens with zero attached hydrogens (tertiary/aromatic N) is 4. The van der Waals surface area contributed by atoms with Crippen LogP contribution in [-0.4, -0.2) is 25.1 Å². The summed E-state index contributed by atoms with van der Waals surface area (Å²) in [6, 6.07) is 11.7. The fourth-order valence-electron chi connectivity index (χ4n) is 2.19. The molecule has 0 aliphatic heterocycles. The van der Waals surface area contributed by atoms with Gasteiger partial charge in [-0.1, -0.05) is 23.4 Å². The fourth-order valence-corrected chi connectivity index (χ4v) is 2.19. The van der Waals surface area contributed by atoms with Crippen molar-refractivity contribution < 1.29 is 5.11 Å². The molecule has 100 valence electrons. The van der Waals surface area contributed by atoms with Crippen LogP contribution in [-0.2, 0) is 6.61 Å². The molecule has 0 radical (unpaired) electrons. The summed E-state index contributed by atoms with van der Waals surface area (Å²) in [5.41, 5.74) is 4.32. The first kappa shape index (κ1) is 12.5. The molecule has 0 fully saturated rings. The minimum absolute atomic E-state index is 0.149. The predicted octanol–water partition coefficient (Wildman–Crippen LogP) is 2.13. The Bertz CT molecular complexity index is 722. The molecule has 0 aliphatic rings. The van der Waals surface area contributed by atoms with Crippen molar-refractivity contribution in [2.24, 2.45) is 0 Å². The van der Waals surface area contributed by atoms with E-state index in [1.165, 1.54) is 0 Å². The molecule has 0 saturated heterocycles. The van der Waals surface area contributed by atoms with E-state index in [1.807, 2.05) is 43.3 Å². The number of hydrogen-bond acceptors (Lipinski definition) is 4. The summed E-state index contributed by atoms with van der Waals surface area (Å²) >= 11 is 0. The van der Waals surface area contributed by atoms with E-state index in [1.54, 1.807) is 17.1 Å². The van der Waals surface area contributed by atoms with Gasteiger partial charge in [-0.15, -0.1) is 5.10 Å². The van der Waals surface area contributed by atoms with Crippen LogP contribution < -0.4 is 0 Å². The molecule has 0 unspecified atom stereocenters. The topological polar surface area (TPSA) is 63.8 Å². The maximum Gasteiger partial charge on any atom is 0.117 e. The Labute approximate surface area is 116 Å². The first-order chi connectivity index (χ1) is 9.81. The summed E-state index contributed by atoms with van der Waals surface area (Å²) in [6.07, 6.45) is 3.43. The average Bonchev–Trinajstić information content (AvgIpc) is 2.92. The van der Waals surface area contributed by atoms with Crippen LogP contribution in [0.5, 0.6) is 0 Å². The van der Waals surface area contributed by atoms with Crippen molar-refractivity contribution in [2.45, 2.75) is 13.5 Å². The second kappa shape index (κ2) is 5.22. The number of aryl methyl sites for hydroxylation is 1. The SMILES string of the molecule is Cc1ccccc1-n1nnc(CO)c1-c1ccncc1. The number of pyridine rings is 1. The second-order valence-corrected chi connectivity index (χ2v) is 4.48. The first-order valence-electron chi connectivity index (χ1n) is 6.33. The average molecular weight is 266 g/mol. The smallest absolute Gasteiger partial charge is 0.117 e. The quantitative estimate of drug-likeness (QED) is 0.788. The summed E-state index contributed by atoms with van der Waals surface area (Å²) in [5, 5.41) is 17.7. The molecule has 2 heterocycles. The molecule has 2 aromatic heterocycles. The molecule has 5 heteroatoms. The molecular formula is C15H14N4O. The van der Waals surface area contributed by atoms with Gasteiger partial charge in [0.05, 0.1) is 12.3 Å². The number of rotatable bonds is 3. The van der Waals surface area contributed by atoms with Crippen LogP contribution in [0.15, 0.2) is 48.8 Å². The third-order valence-electron chi connectivity index (χ3n) is 3.19. The van der Waals surface area contributed by atoms with Crippen molar-refractivity contribution >= 4 is 0 Å². The van der Waals surface area contributed by atoms with E-state index in [0.717, 1.165) is 22.5 Å². The van der Waals surface area contributed by atoms with Crippen LogP contribution in [0.4, 0.5) is 0 Å². The molecule has 0 spiro atoms. The Morgan fingerprint density at radius 2 is 1.85 bits per heavy atom. The van der Waals surface area contributed by atoms with Crippen LogP contribution >= 0.6 is 0 Å². The summed E-state index contributed by atoms with van der Waals surface area (Å²) in [5.74, 6) is 0. The Kier molecular flexibility index (Phi) is 3.26. The molecule has 0 aliphatic carbocycles. The maximum absolute atomic E-state index is 9.48. The van der Waals surface area contributed by atoms with Gasteiger partial charge in [0.1, 0.15) is 11.4 Å². The zero-order valence-electron chi connectivity index (χ0n) is 11.1. The standard InChI is InChI=1S/C15H14N4O/c1-11-4-2-3-5-14(11)19-15(13(10-20)17-18-19)12-6-8-16-9-7-12/h2-9,20H,10H2,1H3. The molecule has 0 amide bonds. The molecule has 0 bridgehead atoms. The Morgan fingerprint density at radius 1 is 1.10 bits per heavy atom. The van der Waals surface area contributed by atoms with Gasteiger partial charge in [0, 0.05) is 18.0 Å². The van der Waals surface area contributed by atoms with E-state index in [9.17, 15) is 5.11 Å². The Morgan fingerprint density at radius 3 is 2.55 bits per heavy atom. The Balaban J connectivity index is 2.24. The molecule has 3 rings (SSSR count). The van der Waals surface area contributed by atoms with Crippen LogP contribution in [0, 0.1) is 6.92 Å². The molecule has 0 atom stereocenters.